The summed E-state index contributed by atoms with van der Waals surface area (Å²) in [5, 5.41) is 7.90. The number of carbonyl (C=O) groups excluding carboxylic acids is 1. The number of nitrogens with one attached hydrogen (secondary N) is 1. The van der Waals surface area contributed by atoms with Crippen molar-refractivity contribution in [2.75, 3.05) is 13.7 Å². The Bertz CT molecular complexity index is 756. The van der Waals surface area contributed by atoms with E-state index in [1.807, 2.05) is 61.9 Å². The zero-order chi connectivity index (χ0) is 18.0. The fourth-order valence-corrected chi connectivity index (χ4v) is 3.44. The molecule has 6 heteroatoms. The number of benzene rings is 1. The number of ether oxygens (including phenoxy) is 1. The minimum Gasteiger partial charge on any atom is -0.494 e. The highest BCUT2D eigenvalue weighted by molar-refractivity contribution is 5.80. The first kappa shape index (κ1) is 17.5. The number of nitrogens with zero attached hydrogens (tertiary/aromatic N) is 3. The Morgan fingerprint density at radius 1 is 1.36 bits per heavy atom. The Kier molecular flexibility index (Phi) is 5.08. The second-order valence-corrected chi connectivity index (χ2v) is 6.53. The molecular weight excluding hydrogens is 316 g/mol. The first-order chi connectivity index (χ1) is 12.0. The van der Waals surface area contributed by atoms with Gasteiger partial charge in [0.25, 0.3) is 0 Å². The summed E-state index contributed by atoms with van der Waals surface area (Å²) in [4.78, 5) is 14.1. The SMILES string of the molecule is CCOc1cccc(CN[C@@H]2CC(=O)N(C)[C@H]2c2cnn(C)c2C)c1. The largest absolute Gasteiger partial charge is 0.494 e. The van der Waals surface area contributed by atoms with Gasteiger partial charge in [-0.3, -0.25) is 9.48 Å². The van der Waals surface area contributed by atoms with Crippen LogP contribution in [0.25, 0.3) is 0 Å². The van der Waals surface area contributed by atoms with Crippen LogP contribution >= 0.6 is 0 Å². The van der Waals surface area contributed by atoms with Crippen LogP contribution in [-0.4, -0.2) is 40.3 Å². The Balaban J connectivity index is 1.75. The Labute approximate surface area is 148 Å². The molecule has 1 fully saturated rings. The van der Waals surface area contributed by atoms with E-state index in [0.29, 0.717) is 19.6 Å². The molecule has 1 aromatic heterocycles. The van der Waals surface area contributed by atoms with Crippen LogP contribution in [0.2, 0.25) is 0 Å². The zero-order valence-electron chi connectivity index (χ0n) is 15.3. The van der Waals surface area contributed by atoms with Gasteiger partial charge < -0.3 is 15.0 Å². The molecule has 3 rings (SSSR count). The zero-order valence-corrected chi connectivity index (χ0v) is 15.3. The second-order valence-electron chi connectivity index (χ2n) is 6.53. The van der Waals surface area contributed by atoms with E-state index in [9.17, 15) is 4.79 Å². The molecule has 0 saturated carbocycles. The predicted molar refractivity (Wildman–Crippen MR) is 96.3 cm³/mol. The lowest BCUT2D eigenvalue weighted by molar-refractivity contribution is -0.127. The maximum absolute atomic E-state index is 12.3. The minimum atomic E-state index is 0.0104. The van der Waals surface area contributed by atoms with Crippen molar-refractivity contribution in [1.82, 2.24) is 20.0 Å². The Morgan fingerprint density at radius 2 is 2.16 bits per heavy atom. The highest BCUT2D eigenvalue weighted by Crippen LogP contribution is 2.33. The lowest BCUT2D eigenvalue weighted by atomic mass is 10.0. The third-order valence-corrected chi connectivity index (χ3v) is 4.96. The molecule has 134 valence electrons. The number of likely N-dealkylation sites (tertiary alicyclic amines) is 1. The van der Waals surface area contributed by atoms with Gasteiger partial charge in [-0.15, -0.1) is 0 Å². The van der Waals surface area contributed by atoms with Crippen molar-refractivity contribution in [2.24, 2.45) is 7.05 Å². The van der Waals surface area contributed by atoms with Gasteiger partial charge in [0.05, 0.1) is 18.8 Å². The molecular formula is C19H26N4O2. The van der Waals surface area contributed by atoms with E-state index in [2.05, 4.69) is 16.5 Å². The van der Waals surface area contributed by atoms with Crippen molar-refractivity contribution in [1.29, 1.82) is 0 Å². The van der Waals surface area contributed by atoms with E-state index in [0.717, 1.165) is 22.6 Å². The van der Waals surface area contributed by atoms with Gasteiger partial charge in [0.15, 0.2) is 0 Å². The number of hydrogen-bond acceptors (Lipinski definition) is 4. The summed E-state index contributed by atoms with van der Waals surface area (Å²) < 4.78 is 7.42. The van der Waals surface area contributed by atoms with Crippen LogP contribution < -0.4 is 10.1 Å². The number of hydrogen-bond donors (Lipinski definition) is 1. The number of aryl methyl sites for hydroxylation is 1. The van der Waals surface area contributed by atoms with Crippen molar-refractivity contribution >= 4 is 5.91 Å². The Hall–Kier alpha value is -2.34. The van der Waals surface area contributed by atoms with Crippen LogP contribution in [0.15, 0.2) is 30.5 Å². The molecule has 0 spiro atoms. The van der Waals surface area contributed by atoms with Gasteiger partial charge in [0, 0.05) is 44.4 Å². The van der Waals surface area contributed by atoms with E-state index >= 15 is 0 Å². The van der Waals surface area contributed by atoms with Gasteiger partial charge in [-0.2, -0.15) is 5.10 Å². The topological polar surface area (TPSA) is 59.4 Å². The maximum Gasteiger partial charge on any atom is 0.224 e. The monoisotopic (exact) mass is 342 g/mol. The summed E-state index contributed by atoms with van der Waals surface area (Å²) >= 11 is 0. The maximum atomic E-state index is 12.3. The number of likely N-dealkylation sites (N-methyl/N-ethyl adjacent to an activating group) is 1. The molecule has 2 aromatic rings. The molecule has 1 saturated heterocycles. The summed E-state index contributed by atoms with van der Waals surface area (Å²) in [7, 11) is 3.80. The average molecular weight is 342 g/mol. The van der Waals surface area contributed by atoms with Crippen LogP contribution in [0.5, 0.6) is 5.75 Å². The predicted octanol–water partition coefficient (Wildman–Crippen LogP) is 2.19. The van der Waals surface area contributed by atoms with Crippen molar-refractivity contribution in [3.05, 3.63) is 47.3 Å². The molecule has 1 aliphatic rings. The number of amides is 1. The second kappa shape index (κ2) is 7.27. The third kappa shape index (κ3) is 3.54. The molecule has 0 radical (unpaired) electrons. The Morgan fingerprint density at radius 3 is 2.84 bits per heavy atom. The number of aromatic nitrogens is 2. The fourth-order valence-electron chi connectivity index (χ4n) is 3.44. The molecule has 0 unspecified atom stereocenters. The molecule has 0 bridgehead atoms. The lowest BCUT2D eigenvalue weighted by Gasteiger charge is -2.25. The summed E-state index contributed by atoms with van der Waals surface area (Å²) in [6, 6.07) is 8.15. The molecule has 6 nitrogen and oxygen atoms in total. The summed E-state index contributed by atoms with van der Waals surface area (Å²) in [6.45, 7) is 5.37. The highest BCUT2D eigenvalue weighted by atomic mass is 16.5. The molecule has 1 aliphatic heterocycles. The van der Waals surface area contributed by atoms with E-state index < -0.39 is 0 Å². The fraction of sp³-hybridized carbons (Fsp3) is 0.474. The molecule has 1 aromatic carbocycles. The smallest absolute Gasteiger partial charge is 0.224 e. The van der Waals surface area contributed by atoms with Gasteiger partial charge in [0.1, 0.15) is 5.75 Å². The number of carbonyl (C=O) groups is 1. The lowest BCUT2D eigenvalue weighted by Crippen LogP contribution is -2.35. The van der Waals surface area contributed by atoms with E-state index in [1.165, 1.54) is 0 Å². The van der Waals surface area contributed by atoms with Gasteiger partial charge >= 0.3 is 0 Å². The van der Waals surface area contributed by atoms with Crippen molar-refractivity contribution in [2.45, 2.75) is 38.9 Å². The normalized spacial score (nSPS) is 20.3. The van der Waals surface area contributed by atoms with Crippen LogP contribution in [0.3, 0.4) is 0 Å². The molecule has 25 heavy (non-hydrogen) atoms. The van der Waals surface area contributed by atoms with E-state index in [-0.39, 0.29) is 18.0 Å². The van der Waals surface area contributed by atoms with Crippen molar-refractivity contribution < 1.29 is 9.53 Å². The summed E-state index contributed by atoms with van der Waals surface area (Å²) in [6.07, 6.45) is 2.38. The summed E-state index contributed by atoms with van der Waals surface area (Å²) in [5.41, 5.74) is 3.35. The first-order valence-corrected chi connectivity index (χ1v) is 8.70. The van der Waals surface area contributed by atoms with E-state index in [1.54, 1.807) is 0 Å². The third-order valence-electron chi connectivity index (χ3n) is 4.96. The standard InChI is InChI=1S/C19H26N4O2/c1-5-25-15-8-6-7-14(9-15)11-20-17-10-18(24)22(3)19(17)16-12-21-23(4)13(16)2/h6-9,12,17,19-20H,5,10-11H2,1-4H3/t17-,19+/m1/s1. The number of rotatable bonds is 6. The van der Waals surface area contributed by atoms with Gasteiger partial charge in [-0.1, -0.05) is 12.1 Å². The van der Waals surface area contributed by atoms with Crippen molar-refractivity contribution in [3.63, 3.8) is 0 Å². The quantitative estimate of drug-likeness (QED) is 0.874. The van der Waals surface area contributed by atoms with Gasteiger partial charge in [-0.25, -0.2) is 0 Å². The first-order valence-electron chi connectivity index (χ1n) is 8.70. The van der Waals surface area contributed by atoms with Gasteiger partial charge in [-0.05, 0) is 31.5 Å². The summed E-state index contributed by atoms with van der Waals surface area (Å²) in [5.74, 6) is 1.04. The van der Waals surface area contributed by atoms with E-state index in [4.69, 9.17) is 4.74 Å². The van der Waals surface area contributed by atoms with Crippen LogP contribution in [-0.2, 0) is 18.4 Å². The highest BCUT2D eigenvalue weighted by Gasteiger charge is 2.39. The van der Waals surface area contributed by atoms with Crippen molar-refractivity contribution in [3.8, 4) is 5.75 Å². The minimum absolute atomic E-state index is 0.0104. The molecule has 0 aliphatic carbocycles. The van der Waals surface area contributed by atoms with Crippen LogP contribution in [0.1, 0.15) is 36.2 Å². The van der Waals surface area contributed by atoms with Crippen LogP contribution in [0.4, 0.5) is 0 Å². The molecule has 2 heterocycles. The molecule has 1 amide bonds. The van der Waals surface area contributed by atoms with Crippen LogP contribution in [0, 0.1) is 6.92 Å². The van der Waals surface area contributed by atoms with Gasteiger partial charge in [0.2, 0.25) is 5.91 Å². The molecule has 2 atom stereocenters. The average Bonchev–Trinajstić information content (AvgIpc) is 3.06. The molecule has 1 N–H and O–H groups in total.